The number of rotatable bonds is 3. The van der Waals surface area contributed by atoms with E-state index in [2.05, 4.69) is 15.5 Å². The summed E-state index contributed by atoms with van der Waals surface area (Å²) in [6, 6.07) is 0. The van der Waals surface area contributed by atoms with Crippen molar-refractivity contribution in [3.8, 4) is 0 Å². The maximum atomic E-state index is 6.53. The zero-order valence-corrected chi connectivity index (χ0v) is 5.83. The van der Waals surface area contributed by atoms with E-state index in [9.17, 15) is 0 Å². The van der Waals surface area contributed by atoms with Gasteiger partial charge in [-0.1, -0.05) is 6.92 Å². The molecular formula is C5H11N5. The summed E-state index contributed by atoms with van der Waals surface area (Å²) < 4.78 is 0. The summed E-state index contributed by atoms with van der Waals surface area (Å²) in [7, 11) is 0. The van der Waals surface area contributed by atoms with Crippen LogP contribution in [0.2, 0.25) is 0 Å². The molecule has 0 amide bonds. The lowest BCUT2D eigenvalue weighted by atomic mass is 10.6. The van der Waals surface area contributed by atoms with Crippen molar-refractivity contribution in [2.24, 2.45) is 15.8 Å². The van der Waals surface area contributed by atoms with Crippen LogP contribution in [0.3, 0.4) is 0 Å². The number of hydrogen-bond acceptors (Lipinski definition) is 2. The third-order valence-corrected chi connectivity index (χ3v) is 0.657. The van der Waals surface area contributed by atoms with Gasteiger partial charge in [-0.05, 0) is 6.42 Å². The molecule has 0 spiro atoms. The summed E-state index contributed by atoms with van der Waals surface area (Å²) >= 11 is 0. The monoisotopic (exact) mass is 141 g/mol. The average molecular weight is 141 g/mol. The highest BCUT2D eigenvalue weighted by atomic mass is 15.3. The van der Waals surface area contributed by atoms with Gasteiger partial charge >= 0.3 is 0 Å². The van der Waals surface area contributed by atoms with Gasteiger partial charge in [-0.3, -0.25) is 5.41 Å². The first kappa shape index (κ1) is 8.61. The maximum Gasteiger partial charge on any atom is 0.215 e. The summed E-state index contributed by atoms with van der Waals surface area (Å²) in [6.07, 6.45) is 3.35. The third-order valence-electron chi connectivity index (χ3n) is 0.657. The molecule has 0 atom stereocenters. The molecule has 10 heavy (non-hydrogen) atoms. The number of nitrogens with one attached hydrogen (secondary N) is 2. The molecule has 0 radical (unpaired) electrons. The van der Waals surface area contributed by atoms with E-state index in [1.54, 1.807) is 6.21 Å². The Morgan fingerprint density at radius 1 is 1.80 bits per heavy atom. The lowest BCUT2D eigenvalue weighted by Gasteiger charge is -1.93. The molecule has 0 aliphatic carbocycles. The Hall–Kier alpha value is -1.39. The fourth-order valence-electron chi connectivity index (χ4n) is 0.301. The molecule has 0 heterocycles. The number of guanidine groups is 1. The number of nitrogens with two attached hydrogens (primary N) is 1. The Bertz CT molecular complexity index is 148. The number of aliphatic imine (C=N–C) groups is 1. The number of hydrazone groups is 1. The molecule has 0 unspecified atom stereocenters. The molecule has 0 saturated heterocycles. The molecule has 0 aromatic carbocycles. The Balaban J connectivity index is 3.57. The molecule has 0 aromatic heterocycles. The van der Waals surface area contributed by atoms with E-state index in [1.807, 2.05) is 6.92 Å². The van der Waals surface area contributed by atoms with Crippen molar-refractivity contribution in [1.29, 1.82) is 5.41 Å². The van der Waals surface area contributed by atoms with Crippen LogP contribution >= 0.6 is 0 Å². The first-order valence-corrected chi connectivity index (χ1v) is 2.91. The van der Waals surface area contributed by atoms with E-state index >= 15 is 0 Å². The second kappa shape index (κ2) is 5.74. The topological polar surface area (TPSA) is 86.6 Å². The van der Waals surface area contributed by atoms with Crippen LogP contribution in [0.15, 0.2) is 10.1 Å². The first-order chi connectivity index (χ1) is 4.81. The number of hydrogen-bond donors (Lipinski definition) is 3. The van der Waals surface area contributed by atoms with Gasteiger partial charge in [0.2, 0.25) is 5.96 Å². The second-order valence-electron chi connectivity index (χ2n) is 1.48. The molecule has 0 saturated carbocycles. The minimum atomic E-state index is 0.125. The van der Waals surface area contributed by atoms with E-state index in [0.29, 0.717) is 0 Å². The molecular weight excluding hydrogens is 130 g/mol. The van der Waals surface area contributed by atoms with Gasteiger partial charge in [0.15, 0.2) is 0 Å². The van der Waals surface area contributed by atoms with Crippen LogP contribution in [0.5, 0.6) is 0 Å². The predicted octanol–water partition coefficient (Wildman–Crippen LogP) is -0.106. The van der Waals surface area contributed by atoms with Gasteiger partial charge in [-0.25, -0.2) is 10.4 Å². The van der Waals surface area contributed by atoms with Gasteiger partial charge in [0.25, 0.3) is 0 Å². The van der Waals surface area contributed by atoms with Gasteiger partial charge in [-0.2, -0.15) is 5.10 Å². The maximum absolute atomic E-state index is 6.53. The standard InChI is InChI=1S/C5H11N5/c1-2-3-9-10-5(7)8-4-6/h3-4H,2H2,1H3,(H4,6,7,8,10)/b9-3-. The SMILES string of the molecule is CC/C=N\N/C(N)=N\C=N. The summed E-state index contributed by atoms with van der Waals surface area (Å²) in [5.41, 5.74) is 7.63. The van der Waals surface area contributed by atoms with Gasteiger partial charge in [-0.15, -0.1) is 0 Å². The van der Waals surface area contributed by atoms with Crippen molar-refractivity contribution in [1.82, 2.24) is 5.43 Å². The molecule has 5 nitrogen and oxygen atoms in total. The zero-order valence-electron chi connectivity index (χ0n) is 5.83. The van der Waals surface area contributed by atoms with Gasteiger partial charge in [0.1, 0.15) is 6.34 Å². The van der Waals surface area contributed by atoms with Crippen molar-refractivity contribution in [2.75, 3.05) is 0 Å². The van der Waals surface area contributed by atoms with E-state index in [0.717, 1.165) is 12.8 Å². The predicted molar refractivity (Wildman–Crippen MR) is 42.3 cm³/mol. The Labute approximate surface area is 59.5 Å². The number of nitrogens with zero attached hydrogens (tertiary/aromatic N) is 2. The lowest BCUT2D eigenvalue weighted by molar-refractivity contribution is 1.01. The lowest BCUT2D eigenvalue weighted by Crippen LogP contribution is -2.27. The van der Waals surface area contributed by atoms with E-state index in [-0.39, 0.29) is 5.96 Å². The summed E-state index contributed by atoms with van der Waals surface area (Å²) in [5, 5.41) is 10.2. The molecule has 4 N–H and O–H groups in total. The smallest absolute Gasteiger partial charge is 0.215 e. The molecule has 0 aliphatic rings. The quantitative estimate of drug-likeness (QED) is 0.291. The molecule has 0 rings (SSSR count). The Morgan fingerprint density at radius 2 is 2.50 bits per heavy atom. The van der Waals surface area contributed by atoms with Crippen LogP contribution in [-0.4, -0.2) is 18.5 Å². The van der Waals surface area contributed by atoms with Crippen molar-refractivity contribution < 1.29 is 0 Å². The van der Waals surface area contributed by atoms with Gasteiger partial charge < -0.3 is 5.73 Å². The molecule has 56 valence electrons. The van der Waals surface area contributed by atoms with Crippen LogP contribution < -0.4 is 11.2 Å². The fourth-order valence-corrected chi connectivity index (χ4v) is 0.301. The third kappa shape index (κ3) is 4.76. The normalized spacial score (nSPS) is 11.9. The van der Waals surface area contributed by atoms with E-state index in [1.165, 1.54) is 0 Å². The highest BCUT2D eigenvalue weighted by Gasteiger charge is 1.80. The minimum Gasteiger partial charge on any atom is -0.368 e. The molecule has 5 heteroatoms. The summed E-state index contributed by atoms with van der Waals surface area (Å²) in [6.45, 7) is 1.95. The van der Waals surface area contributed by atoms with Crippen molar-refractivity contribution in [3.63, 3.8) is 0 Å². The van der Waals surface area contributed by atoms with Crippen LogP contribution in [0.1, 0.15) is 13.3 Å². The van der Waals surface area contributed by atoms with Crippen LogP contribution in [-0.2, 0) is 0 Å². The largest absolute Gasteiger partial charge is 0.368 e. The first-order valence-electron chi connectivity index (χ1n) is 2.91. The van der Waals surface area contributed by atoms with Crippen molar-refractivity contribution in [2.45, 2.75) is 13.3 Å². The molecule has 0 aliphatic heterocycles. The summed E-state index contributed by atoms with van der Waals surface area (Å²) in [4.78, 5) is 3.41. The highest BCUT2D eigenvalue weighted by Crippen LogP contribution is 1.65. The van der Waals surface area contributed by atoms with Crippen LogP contribution in [0.25, 0.3) is 0 Å². The Kier molecular flexibility index (Phi) is 4.94. The molecule has 0 aromatic rings. The van der Waals surface area contributed by atoms with Crippen LogP contribution in [0, 0.1) is 5.41 Å². The minimum absolute atomic E-state index is 0.125. The summed E-state index contributed by atoms with van der Waals surface area (Å²) in [5.74, 6) is 0.125. The van der Waals surface area contributed by atoms with Crippen molar-refractivity contribution >= 4 is 18.5 Å². The average Bonchev–Trinajstić information content (AvgIpc) is 1.89. The van der Waals surface area contributed by atoms with Crippen molar-refractivity contribution in [3.05, 3.63) is 0 Å². The van der Waals surface area contributed by atoms with E-state index in [4.69, 9.17) is 11.1 Å². The van der Waals surface area contributed by atoms with Gasteiger partial charge in [0.05, 0.1) is 0 Å². The van der Waals surface area contributed by atoms with Gasteiger partial charge in [0, 0.05) is 6.21 Å². The van der Waals surface area contributed by atoms with E-state index < -0.39 is 0 Å². The highest BCUT2D eigenvalue weighted by molar-refractivity contribution is 5.84. The Morgan fingerprint density at radius 3 is 3.00 bits per heavy atom. The second-order valence-corrected chi connectivity index (χ2v) is 1.48. The molecule has 0 bridgehead atoms. The van der Waals surface area contributed by atoms with Crippen LogP contribution in [0.4, 0.5) is 0 Å². The molecule has 0 fully saturated rings. The fraction of sp³-hybridized carbons (Fsp3) is 0.400. The zero-order chi connectivity index (χ0) is 7.82.